The fourth-order valence-corrected chi connectivity index (χ4v) is 2.03. The summed E-state index contributed by atoms with van der Waals surface area (Å²) in [5.41, 5.74) is 2.25. The van der Waals surface area contributed by atoms with Gasteiger partial charge in [-0.1, -0.05) is 11.6 Å². The number of aromatic nitrogens is 2. The minimum absolute atomic E-state index is 0.290. The predicted molar refractivity (Wildman–Crippen MR) is 71.4 cm³/mol. The van der Waals surface area contributed by atoms with Gasteiger partial charge in [-0.15, -0.1) is 0 Å². The Balaban J connectivity index is 2.17. The average Bonchev–Trinajstić information content (AvgIpc) is 2.62. The third-order valence-electron chi connectivity index (χ3n) is 2.82. The Morgan fingerprint density at radius 3 is 2.79 bits per heavy atom. The summed E-state index contributed by atoms with van der Waals surface area (Å²) >= 11 is 6.09. The van der Waals surface area contributed by atoms with Crippen LogP contribution >= 0.6 is 11.6 Å². The van der Waals surface area contributed by atoms with E-state index in [1.807, 2.05) is 13.0 Å². The number of nitrogens with one attached hydrogen (secondary N) is 1. The first-order chi connectivity index (χ1) is 9.02. The van der Waals surface area contributed by atoms with Crippen LogP contribution in [0.3, 0.4) is 0 Å². The molecule has 0 unspecified atom stereocenters. The molecule has 0 aliphatic rings. The van der Waals surface area contributed by atoms with Crippen LogP contribution < -0.4 is 5.32 Å². The van der Waals surface area contributed by atoms with Crippen molar-refractivity contribution in [3.63, 3.8) is 0 Å². The highest BCUT2D eigenvalue weighted by Gasteiger charge is 2.11. The Morgan fingerprint density at radius 2 is 2.26 bits per heavy atom. The second-order valence-electron chi connectivity index (χ2n) is 4.14. The van der Waals surface area contributed by atoms with E-state index in [4.69, 9.17) is 16.9 Å². The monoisotopic (exact) mass is 278 g/mol. The Hall–Kier alpha value is -2.06. The molecule has 6 heteroatoms. The molecule has 2 rings (SSSR count). The maximum absolute atomic E-state index is 13.7. The van der Waals surface area contributed by atoms with Crippen molar-refractivity contribution in [1.29, 1.82) is 5.26 Å². The summed E-state index contributed by atoms with van der Waals surface area (Å²) in [6, 6.07) is 6.18. The van der Waals surface area contributed by atoms with Crippen LogP contribution in [-0.4, -0.2) is 9.78 Å². The summed E-state index contributed by atoms with van der Waals surface area (Å²) in [5, 5.41) is 16.3. The van der Waals surface area contributed by atoms with E-state index < -0.39 is 5.82 Å². The molecule has 1 N–H and O–H groups in total. The van der Waals surface area contributed by atoms with Gasteiger partial charge in [-0.3, -0.25) is 4.68 Å². The molecule has 4 nitrogen and oxygen atoms in total. The number of hydrogen-bond acceptors (Lipinski definition) is 3. The minimum atomic E-state index is -0.461. The molecule has 0 saturated carbocycles. The molecule has 0 fully saturated rings. The molecule has 0 aliphatic carbocycles. The number of halogens is 2. The Labute approximate surface area is 115 Å². The summed E-state index contributed by atoms with van der Waals surface area (Å²) in [7, 11) is 1.75. The minimum Gasteiger partial charge on any atom is -0.378 e. The van der Waals surface area contributed by atoms with Gasteiger partial charge in [0.15, 0.2) is 0 Å². The standard InChI is InChI=1S/C13H12ClFN4/c1-8-10(13(14)19(2)18-8)7-17-12-4-3-9(6-16)5-11(12)15/h3-5,17H,7H2,1-2H3. The molecule has 0 bridgehead atoms. The van der Waals surface area contributed by atoms with Crippen molar-refractivity contribution in [1.82, 2.24) is 9.78 Å². The number of anilines is 1. The van der Waals surface area contributed by atoms with E-state index in [0.29, 0.717) is 22.9 Å². The lowest BCUT2D eigenvalue weighted by Crippen LogP contribution is -2.03. The molecule has 0 spiro atoms. The van der Waals surface area contributed by atoms with E-state index >= 15 is 0 Å². The van der Waals surface area contributed by atoms with Crippen molar-refractivity contribution >= 4 is 17.3 Å². The van der Waals surface area contributed by atoms with Crippen molar-refractivity contribution in [3.05, 3.63) is 46.0 Å². The van der Waals surface area contributed by atoms with E-state index in [2.05, 4.69) is 10.4 Å². The molecule has 1 heterocycles. The molecule has 19 heavy (non-hydrogen) atoms. The van der Waals surface area contributed by atoms with E-state index in [9.17, 15) is 4.39 Å². The van der Waals surface area contributed by atoms with E-state index in [1.54, 1.807) is 17.8 Å². The van der Waals surface area contributed by atoms with Crippen molar-refractivity contribution in [2.24, 2.45) is 7.05 Å². The first kappa shape index (κ1) is 13.4. The van der Waals surface area contributed by atoms with Gasteiger partial charge in [0.2, 0.25) is 0 Å². The van der Waals surface area contributed by atoms with Crippen LogP contribution in [-0.2, 0) is 13.6 Å². The Morgan fingerprint density at radius 1 is 1.53 bits per heavy atom. The quantitative estimate of drug-likeness (QED) is 0.939. The topological polar surface area (TPSA) is 53.6 Å². The lowest BCUT2D eigenvalue weighted by atomic mass is 10.2. The molecule has 0 radical (unpaired) electrons. The van der Waals surface area contributed by atoms with Gasteiger partial charge in [-0.25, -0.2) is 4.39 Å². The molecule has 1 aromatic carbocycles. The molecule has 2 aromatic rings. The fourth-order valence-electron chi connectivity index (χ4n) is 1.79. The summed E-state index contributed by atoms with van der Waals surface area (Å²) < 4.78 is 15.3. The molecule has 1 aromatic heterocycles. The summed E-state index contributed by atoms with van der Waals surface area (Å²) in [6.07, 6.45) is 0. The SMILES string of the molecule is Cc1nn(C)c(Cl)c1CNc1ccc(C#N)cc1F. The van der Waals surface area contributed by atoms with E-state index in [0.717, 1.165) is 11.3 Å². The van der Waals surface area contributed by atoms with Crippen LogP contribution in [0.25, 0.3) is 0 Å². The lowest BCUT2D eigenvalue weighted by Gasteiger charge is -2.07. The van der Waals surface area contributed by atoms with E-state index in [-0.39, 0.29) is 0 Å². The molecule has 0 atom stereocenters. The maximum atomic E-state index is 13.7. The van der Waals surface area contributed by atoms with Crippen LogP contribution in [0.15, 0.2) is 18.2 Å². The number of aryl methyl sites for hydroxylation is 2. The second-order valence-corrected chi connectivity index (χ2v) is 4.50. The molecule has 98 valence electrons. The lowest BCUT2D eigenvalue weighted by molar-refractivity contribution is 0.629. The van der Waals surface area contributed by atoms with Crippen molar-refractivity contribution < 1.29 is 4.39 Å². The fraction of sp³-hybridized carbons (Fsp3) is 0.231. The Bertz CT molecular complexity index is 657. The number of rotatable bonds is 3. The second kappa shape index (κ2) is 5.29. The summed E-state index contributed by atoms with van der Waals surface area (Å²) in [4.78, 5) is 0. The largest absolute Gasteiger partial charge is 0.378 e. The first-order valence-electron chi connectivity index (χ1n) is 5.64. The first-order valence-corrected chi connectivity index (χ1v) is 6.02. The average molecular weight is 279 g/mol. The van der Waals surface area contributed by atoms with Crippen molar-refractivity contribution in [2.45, 2.75) is 13.5 Å². The third kappa shape index (κ3) is 2.69. The number of hydrogen-bond donors (Lipinski definition) is 1. The molecule has 0 aliphatic heterocycles. The summed E-state index contributed by atoms with van der Waals surface area (Å²) in [6.45, 7) is 2.22. The Kier molecular flexibility index (Phi) is 3.72. The maximum Gasteiger partial charge on any atom is 0.147 e. The summed E-state index contributed by atoms with van der Waals surface area (Å²) in [5.74, 6) is -0.461. The number of nitriles is 1. The zero-order valence-corrected chi connectivity index (χ0v) is 11.3. The predicted octanol–water partition coefficient (Wildman–Crippen LogP) is 3.00. The van der Waals surface area contributed by atoms with Crippen LogP contribution in [0.1, 0.15) is 16.8 Å². The van der Waals surface area contributed by atoms with Gasteiger partial charge < -0.3 is 5.32 Å². The van der Waals surface area contributed by atoms with Crippen LogP contribution in [0.2, 0.25) is 5.15 Å². The molecular formula is C13H12ClFN4. The molecule has 0 amide bonds. The van der Waals surface area contributed by atoms with Gasteiger partial charge in [-0.05, 0) is 25.1 Å². The van der Waals surface area contributed by atoms with Gasteiger partial charge in [0.1, 0.15) is 11.0 Å². The van der Waals surface area contributed by atoms with Crippen LogP contribution in [0.5, 0.6) is 0 Å². The van der Waals surface area contributed by atoms with Crippen LogP contribution in [0.4, 0.5) is 10.1 Å². The molecule has 0 saturated heterocycles. The normalized spacial score (nSPS) is 10.3. The van der Waals surface area contributed by atoms with Gasteiger partial charge >= 0.3 is 0 Å². The highest BCUT2D eigenvalue weighted by molar-refractivity contribution is 6.30. The van der Waals surface area contributed by atoms with Gasteiger partial charge in [-0.2, -0.15) is 10.4 Å². The van der Waals surface area contributed by atoms with Gasteiger partial charge in [0, 0.05) is 19.2 Å². The van der Waals surface area contributed by atoms with E-state index in [1.165, 1.54) is 12.1 Å². The van der Waals surface area contributed by atoms with Crippen molar-refractivity contribution in [2.75, 3.05) is 5.32 Å². The van der Waals surface area contributed by atoms with Gasteiger partial charge in [0.05, 0.1) is 23.0 Å². The number of nitrogens with zero attached hydrogens (tertiary/aromatic N) is 3. The third-order valence-corrected chi connectivity index (χ3v) is 3.30. The smallest absolute Gasteiger partial charge is 0.147 e. The van der Waals surface area contributed by atoms with Crippen molar-refractivity contribution in [3.8, 4) is 6.07 Å². The highest BCUT2D eigenvalue weighted by Crippen LogP contribution is 2.21. The zero-order valence-electron chi connectivity index (χ0n) is 10.5. The van der Waals surface area contributed by atoms with Gasteiger partial charge in [0.25, 0.3) is 0 Å². The molecular weight excluding hydrogens is 267 g/mol. The number of benzene rings is 1. The highest BCUT2D eigenvalue weighted by atomic mass is 35.5. The zero-order chi connectivity index (χ0) is 14.0. The van der Waals surface area contributed by atoms with Crippen LogP contribution in [0, 0.1) is 24.1 Å².